The Morgan fingerprint density at radius 1 is 0.654 bits per heavy atom. The van der Waals surface area contributed by atoms with E-state index in [9.17, 15) is 0 Å². The summed E-state index contributed by atoms with van der Waals surface area (Å²) in [6, 6.07) is 31.2. The number of hydrogen-bond acceptors (Lipinski definition) is 3. The van der Waals surface area contributed by atoms with E-state index in [1.165, 1.54) is 11.1 Å². The second kappa shape index (κ2) is 8.02. The fourth-order valence-corrected chi connectivity index (χ4v) is 3.72. The van der Waals surface area contributed by atoms with Gasteiger partial charge in [-0.15, -0.1) is 10.2 Å². The van der Waals surface area contributed by atoms with Gasteiger partial charge in [-0.05, 0) is 11.1 Å². The van der Waals surface area contributed by atoms with E-state index in [0.717, 1.165) is 28.8 Å². The van der Waals surface area contributed by atoms with Gasteiger partial charge in [-0.25, -0.2) is 0 Å². The molecule has 0 aliphatic rings. The van der Waals surface area contributed by atoms with E-state index in [1.807, 2.05) is 30.3 Å². The van der Waals surface area contributed by atoms with E-state index in [-0.39, 0.29) is 0 Å². The highest BCUT2D eigenvalue weighted by atomic mass is 32.2. The summed E-state index contributed by atoms with van der Waals surface area (Å²) in [5.74, 6) is 1.78. The average Bonchev–Trinajstić information content (AvgIpc) is 3.11. The fourth-order valence-electron chi connectivity index (χ4n) is 2.83. The Kier molecular flexibility index (Phi) is 5.12. The molecule has 0 amide bonds. The van der Waals surface area contributed by atoms with E-state index in [2.05, 4.69) is 75.4 Å². The molecule has 0 saturated carbocycles. The largest absolute Gasteiger partial charge is 0.298 e. The minimum atomic E-state index is 0.759. The molecule has 4 rings (SSSR count). The number of thioether (sulfide) groups is 1. The first-order valence-corrected chi connectivity index (χ1v) is 9.58. The first-order chi connectivity index (χ1) is 12.9. The lowest BCUT2D eigenvalue weighted by atomic mass is 10.2. The van der Waals surface area contributed by atoms with Crippen LogP contribution >= 0.6 is 11.8 Å². The standard InChI is InChI=1S/C22H19N3S/c1-4-10-18(11-5-1)16-25-21(20-14-8-3-9-15-20)23-24-22(25)26-17-19-12-6-2-7-13-19/h1-15H,16-17H2. The van der Waals surface area contributed by atoms with Crippen LogP contribution in [0.5, 0.6) is 0 Å². The first kappa shape index (κ1) is 16.6. The maximum Gasteiger partial charge on any atom is 0.192 e. The second-order valence-electron chi connectivity index (χ2n) is 6.02. The van der Waals surface area contributed by atoms with Crippen LogP contribution in [0.15, 0.2) is 96.2 Å². The smallest absolute Gasteiger partial charge is 0.192 e. The van der Waals surface area contributed by atoms with Crippen molar-refractivity contribution in [2.24, 2.45) is 0 Å². The Morgan fingerprint density at radius 3 is 1.88 bits per heavy atom. The van der Waals surface area contributed by atoms with Gasteiger partial charge in [0.1, 0.15) is 0 Å². The van der Waals surface area contributed by atoms with E-state index >= 15 is 0 Å². The average molecular weight is 357 g/mol. The zero-order valence-corrected chi connectivity index (χ0v) is 15.1. The van der Waals surface area contributed by atoms with Gasteiger partial charge in [0.25, 0.3) is 0 Å². The first-order valence-electron chi connectivity index (χ1n) is 8.59. The minimum Gasteiger partial charge on any atom is -0.298 e. The summed E-state index contributed by atoms with van der Waals surface area (Å²) in [4.78, 5) is 0. The minimum absolute atomic E-state index is 0.759. The third-order valence-corrected chi connectivity index (χ3v) is 5.18. The van der Waals surface area contributed by atoms with Gasteiger partial charge in [0, 0.05) is 11.3 Å². The predicted octanol–water partition coefficient (Wildman–Crippen LogP) is 5.29. The Balaban J connectivity index is 1.66. The molecule has 4 heteroatoms. The van der Waals surface area contributed by atoms with Crippen LogP contribution in [0.4, 0.5) is 0 Å². The third-order valence-electron chi connectivity index (χ3n) is 4.14. The fraction of sp³-hybridized carbons (Fsp3) is 0.0909. The number of benzene rings is 3. The van der Waals surface area contributed by atoms with Gasteiger partial charge in [0.15, 0.2) is 11.0 Å². The van der Waals surface area contributed by atoms with Gasteiger partial charge in [-0.2, -0.15) is 0 Å². The maximum absolute atomic E-state index is 4.49. The third kappa shape index (κ3) is 3.86. The molecule has 3 aromatic carbocycles. The van der Waals surface area contributed by atoms with Crippen LogP contribution in [0.3, 0.4) is 0 Å². The normalized spacial score (nSPS) is 10.8. The van der Waals surface area contributed by atoms with E-state index < -0.39 is 0 Å². The van der Waals surface area contributed by atoms with Crippen molar-refractivity contribution < 1.29 is 0 Å². The molecule has 128 valence electrons. The lowest BCUT2D eigenvalue weighted by Gasteiger charge is -2.10. The molecule has 3 nitrogen and oxygen atoms in total. The van der Waals surface area contributed by atoms with E-state index in [0.29, 0.717) is 0 Å². The predicted molar refractivity (Wildman–Crippen MR) is 107 cm³/mol. The van der Waals surface area contributed by atoms with Crippen molar-refractivity contribution in [2.75, 3.05) is 0 Å². The summed E-state index contributed by atoms with van der Waals surface area (Å²) < 4.78 is 2.21. The summed E-state index contributed by atoms with van der Waals surface area (Å²) in [6.45, 7) is 0.759. The van der Waals surface area contributed by atoms with Crippen LogP contribution < -0.4 is 0 Å². The Hall–Kier alpha value is -2.85. The highest BCUT2D eigenvalue weighted by molar-refractivity contribution is 7.98. The maximum atomic E-state index is 4.49. The number of nitrogens with zero attached hydrogens (tertiary/aromatic N) is 3. The molecule has 0 unspecified atom stereocenters. The lowest BCUT2D eigenvalue weighted by Crippen LogP contribution is -2.04. The molecule has 1 heterocycles. The molecule has 0 atom stereocenters. The van der Waals surface area contributed by atoms with Gasteiger partial charge < -0.3 is 0 Å². The topological polar surface area (TPSA) is 30.7 Å². The van der Waals surface area contributed by atoms with Gasteiger partial charge in [0.2, 0.25) is 0 Å². The summed E-state index contributed by atoms with van der Waals surface area (Å²) in [7, 11) is 0. The highest BCUT2D eigenvalue weighted by Crippen LogP contribution is 2.27. The highest BCUT2D eigenvalue weighted by Gasteiger charge is 2.14. The van der Waals surface area contributed by atoms with Crippen LogP contribution in [0.2, 0.25) is 0 Å². The van der Waals surface area contributed by atoms with Crippen LogP contribution in [0, 0.1) is 0 Å². The number of hydrogen-bond donors (Lipinski definition) is 0. The molecule has 0 spiro atoms. The molecule has 0 fully saturated rings. The van der Waals surface area contributed by atoms with Crippen molar-refractivity contribution in [3.63, 3.8) is 0 Å². The Labute approximate surface area is 157 Å². The van der Waals surface area contributed by atoms with Gasteiger partial charge in [-0.3, -0.25) is 4.57 Å². The van der Waals surface area contributed by atoms with Crippen molar-refractivity contribution in [1.29, 1.82) is 0 Å². The van der Waals surface area contributed by atoms with Gasteiger partial charge in [0.05, 0.1) is 6.54 Å². The second-order valence-corrected chi connectivity index (χ2v) is 6.96. The molecular weight excluding hydrogens is 338 g/mol. The molecule has 0 N–H and O–H groups in total. The van der Waals surface area contributed by atoms with Crippen molar-refractivity contribution in [3.8, 4) is 11.4 Å². The zero-order valence-electron chi connectivity index (χ0n) is 14.3. The molecular formula is C22H19N3S. The van der Waals surface area contributed by atoms with E-state index in [1.54, 1.807) is 11.8 Å². The monoisotopic (exact) mass is 357 g/mol. The molecule has 4 aromatic rings. The SMILES string of the molecule is c1ccc(CSc2nnc(-c3ccccc3)n2Cc2ccccc2)cc1. The number of rotatable bonds is 6. The van der Waals surface area contributed by atoms with Crippen molar-refractivity contribution in [3.05, 3.63) is 102 Å². The summed E-state index contributed by atoms with van der Waals surface area (Å²) >= 11 is 1.72. The van der Waals surface area contributed by atoms with Gasteiger partial charge >= 0.3 is 0 Å². The van der Waals surface area contributed by atoms with Crippen molar-refractivity contribution in [2.45, 2.75) is 17.5 Å². The lowest BCUT2D eigenvalue weighted by molar-refractivity contribution is 0.714. The Bertz CT molecular complexity index is 951. The van der Waals surface area contributed by atoms with Gasteiger partial charge in [-0.1, -0.05) is 103 Å². The number of aromatic nitrogens is 3. The van der Waals surface area contributed by atoms with Crippen LogP contribution in [-0.2, 0) is 12.3 Å². The molecule has 0 bridgehead atoms. The zero-order chi connectivity index (χ0) is 17.6. The molecule has 0 aliphatic heterocycles. The molecule has 0 aliphatic carbocycles. The molecule has 0 saturated heterocycles. The summed E-state index contributed by atoms with van der Waals surface area (Å²) in [5, 5.41) is 9.91. The van der Waals surface area contributed by atoms with Crippen molar-refractivity contribution >= 4 is 11.8 Å². The molecule has 26 heavy (non-hydrogen) atoms. The van der Waals surface area contributed by atoms with Crippen LogP contribution in [0.1, 0.15) is 11.1 Å². The van der Waals surface area contributed by atoms with Crippen LogP contribution in [-0.4, -0.2) is 14.8 Å². The molecule has 1 aromatic heterocycles. The van der Waals surface area contributed by atoms with E-state index in [4.69, 9.17) is 0 Å². The summed E-state index contributed by atoms with van der Waals surface area (Å²) in [5.41, 5.74) is 3.61. The molecule has 0 radical (unpaired) electrons. The van der Waals surface area contributed by atoms with Crippen molar-refractivity contribution in [1.82, 2.24) is 14.8 Å². The quantitative estimate of drug-likeness (QED) is 0.440. The summed E-state index contributed by atoms with van der Waals surface area (Å²) in [6.07, 6.45) is 0. The Morgan fingerprint density at radius 2 is 1.23 bits per heavy atom. The van der Waals surface area contributed by atoms with Crippen LogP contribution in [0.25, 0.3) is 11.4 Å².